The third-order valence-corrected chi connectivity index (χ3v) is 5.29. The Labute approximate surface area is 184 Å². The van der Waals surface area contributed by atoms with E-state index >= 15 is 0 Å². The van der Waals surface area contributed by atoms with E-state index in [0.717, 1.165) is 22.8 Å². The van der Waals surface area contributed by atoms with Crippen LogP contribution in [0, 0.1) is 17.5 Å². The second-order valence-electron chi connectivity index (χ2n) is 7.24. The van der Waals surface area contributed by atoms with Gasteiger partial charge in [-0.3, -0.25) is 9.36 Å². The molecule has 3 aromatic heterocycles. The standard InChI is InChI=1S/C22H16F3N7O/c1-2-14(30-20-17-19(27-9-26-17)28-10-29-20)21-31-15-8-4-5-11(23)16(15)22(33)32(21)18-12(24)6-3-7-13(18)25/h3-10,14H,2H2,1H3,(H2,26,27,28,29,30)/t14-/m0/s1. The van der Waals surface area contributed by atoms with Crippen LogP contribution in [-0.4, -0.2) is 29.5 Å². The smallest absolute Gasteiger partial charge is 0.269 e. The van der Waals surface area contributed by atoms with Gasteiger partial charge in [-0.15, -0.1) is 0 Å². The quantitative estimate of drug-likeness (QED) is 0.418. The molecule has 0 aliphatic rings. The molecule has 0 saturated carbocycles. The molecule has 8 nitrogen and oxygen atoms in total. The molecule has 0 aliphatic heterocycles. The van der Waals surface area contributed by atoms with Gasteiger partial charge in [0.1, 0.15) is 46.2 Å². The van der Waals surface area contributed by atoms with Crippen LogP contribution in [0.15, 0.2) is 53.8 Å². The van der Waals surface area contributed by atoms with E-state index in [2.05, 4.69) is 30.2 Å². The average Bonchev–Trinajstić information content (AvgIpc) is 3.28. The highest BCUT2D eigenvalue weighted by Crippen LogP contribution is 2.28. The topological polar surface area (TPSA) is 101 Å². The number of nitrogens with one attached hydrogen (secondary N) is 2. The molecule has 0 amide bonds. The number of para-hydroxylation sites is 1. The van der Waals surface area contributed by atoms with Crippen molar-refractivity contribution in [3.63, 3.8) is 0 Å². The molecule has 0 saturated heterocycles. The number of aromatic nitrogens is 6. The Morgan fingerprint density at radius 2 is 1.76 bits per heavy atom. The summed E-state index contributed by atoms with van der Waals surface area (Å²) in [7, 11) is 0. The van der Waals surface area contributed by atoms with Gasteiger partial charge in [-0.25, -0.2) is 33.1 Å². The molecule has 5 rings (SSSR count). The van der Waals surface area contributed by atoms with Crippen LogP contribution in [0.4, 0.5) is 19.0 Å². The molecular formula is C22H16F3N7O. The number of H-pyrrole nitrogens is 1. The van der Waals surface area contributed by atoms with Crippen molar-refractivity contribution < 1.29 is 13.2 Å². The zero-order chi connectivity index (χ0) is 23.1. The number of halogens is 3. The molecule has 0 aliphatic carbocycles. The largest absolute Gasteiger partial charge is 0.358 e. The van der Waals surface area contributed by atoms with Gasteiger partial charge in [0.05, 0.1) is 17.9 Å². The Morgan fingerprint density at radius 1 is 1.03 bits per heavy atom. The average molecular weight is 451 g/mol. The lowest BCUT2D eigenvalue weighted by Crippen LogP contribution is -2.30. The molecular weight excluding hydrogens is 435 g/mol. The number of imidazole rings is 1. The summed E-state index contributed by atoms with van der Waals surface area (Å²) < 4.78 is 44.9. The van der Waals surface area contributed by atoms with Crippen LogP contribution in [0.25, 0.3) is 27.8 Å². The second-order valence-corrected chi connectivity index (χ2v) is 7.24. The van der Waals surface area contributed by atoms with E-state index in [1.807, 2.05) is 0 Å². The van der Waals surface area contributed by atoms with Crippen LogP contribution in [0.5, 0.6) is 0 Å². The number of fused-ring (bicyclic) bond motifs is 2. The van der Waals surface area contributed by atoms with Gasteiger partial charge in [-0.05, 0) is 30.7 Å². The van der Waals surface area contributed by atoms with Crippen molar-refractivity contribution in [2.24, 2.45) is 0 Å². The number of benzene rings is 2. The fourth-order valence-corrected chi connectivity index (χ4v) is 3.75. The zero-order valence-corrected chi connectivity index (χ0v) is 17.2. The lowest BCUT2D eigenvalue weighted by molar-refractivity contribution is 0.552. The van der Waals surface area contributed by atoms with Crippen LogP contribution >= 0.6 is 0 Å². The Bertz CT molecular complexity index is 1540. The van der Waals surface area contributed by atoms with Crippen LogP contribution in [0.2, 0.25) is 0 Å². The Kier molecular flexibility index (Phi) is 5.00. The summed E-state index contributed by atoms with van der Waals surface area (Å²) in [5.74, 6) is -2.44. The molecule has 11 heteroatoms. The summed E-state index contributed by atoms with van der Waals surface area (Å²) >= 11 is 0. The fourth-order valence-electron chi connectivity index (χ4n) is 3.75. The summed E-state index contributed by atoms with van der Waals surface area (Å²) in [4.78, 5) is 33.1. The van der Waals surface area contributed by atoms with Crippen molar-refractivity contribution in [2.75, 3.05) is 5.32 Å². The van der Waals surface area contributed by atoms with E-state index in [-0.39, 0.29) is 16.7 Å². The first-order chi connectivity index (χ1) is 16.0. The van der Waals surface area contributed by atoms with Crippen molar-refractivity contribution in [1.29, 1.82) is 0 Å². The van der Waals surface area contributed by atoms with Crippen LogP contribution in [-0.2, 0) is 0 Å². The van der Waals surface area contributed by atoms with Gasteiger partial charge in [0.15, 0.2) is 11.5 Å². The van der Waals surface area contributed by atoms with E-state index in [0.29, 0.717) is 23.4 Å². The Balaban J connectivity index is 1.79. The summed E-state index contributed by atoms with van der Waals surface area (Å²) in [5, 5.41) is 2.78. The summed E-state index contributed by atoms with van der Waals surface area (Å²) in [6.07, 6.45) is 3.11. The monoisotopic (exact) mass is 451 g/mol. The highest BCUT2D eigenvalue weighted by atomic mass is 19.1. The summed E-state index contributed by atoms with van der Waals surface area (Å²) in [6, 6.07) is 6.47. The normalized spacial score (nSPS) is 12.4. The maximum absolute atomic E-state index is 14.8. The fraction of sp³-hybridized carbons (Fsp3) is 0.136. The maximum atomic E-state index is 14.8. The number of hydrogen-bond donors (Lipinski definition) is 2. The predicted octanol–water partition coefficient (Wildman–Crippen LogP) is 4.03. The minimum Gasteiger partial charge on any atom is -0.358 e. The number of rotatable bonds is 5. The molecule has 0 spiro atoms. The van der Waals surface area contributed by atoms with Crippen LogP contribution < -0.4 is 10.9 Å². The van der Waals surface area contributed by atoms with Gasteiger partial charge in [0, 0.05) is 0 Å². The molecule has 1 atom stereocenters. The molecule has 5 aromatic rings. The second kappa shape index (κ2) is 8.01. The van der Waals surface area contributed by atoms with Gasteiger partial charge in [0.25, 0.3) is 5.56 Å². The molecule has 0 bridgehead atoms. The molecule has 166 valence electrons. The lowest BCUT2D eigenvalue weighted by atomic mass is 10.1. The SMILES string of the molecule is CC[C@H](Nc1ncnc2nc[nH]c12)c1nc2cccc(F)c2c(=O)n1-c1c(F)cccc1F. The highest BCUT2D eigenvalue weighted by molar-refractivity contribution is 5.82. The third kappa shape index (κ3) is 3.37. The van der Waals surface area contributed by atoms with E-state index in [9.17, 15) is 18.0 Å². The zero-order valence-electron chi connectivity index (χ0n) is 17.2. The van der Waals surface area contributed by atoms with Crippen LogP contribution in [0.3, 0.4) is 0 Å². The molecule has 0 fully saturated rings. The Morgan fingerprint density at radius 3 is 2.52 bits per heavy atom. The van der Waals surface area contributed by atoms with E-state index in [4.69, 9.17) is 0 Å². The van der Waals surface area contributed by atoms with Gasteiger partial charge < -0.3 is 10.3 Å². The molecule has 33 heavy (non-hydrogen) atoms. The van der Waals surface area contributed by atoms with E-state index in [1.54, 1.807) is 6.92 Å². The molecule has 2 N–H and O–H groups in total. The first-order valence-corrected chi connectivity index (χ1v) is 10.1. The first kappa shape index (κ1) is 20.6. The van der Waals surface area contributed by atoms with Crippen molar-refractivity contribution in [1.82, 2.24) is 29.5 Å². The molecule has 3 heterocycles. The lowest BCUT2D eigenvalue weighted by Gasteiger charge is -2.22. The third-order valence-electron chi connectivity index (χ3n) is 5.29. The van der Waals surface area contributed by atoms with Gasteiger partial charge in [-0.2, -0.15) is 0 Å². The molecule has 2 aromatic carbocycles. The predicted molar refractivity (Wildman–Crippen MR) is 116 cm³/mol. The van der Waals surface area contributed by atoms with E-state index < -0.39 is 34.7 Å². The molecule has 0 radical (unpaired) electrons. The Hall–Kier alpha value is -4.28. The van der Waals surface area contributed by atoms with Gasteiger partial charge >= 0.3 is 0 Å². The maximum Gasteiger partial charge on any atom is 0.269 e. The summed E-state index contributed by atoms with van der Waals surface area (Å²) in [6.45, 7) is 1.80. The number of anilines is 1. The van der Waals surface area contributed by atoms with Crippen molar-refractivity contribution in [3.8, 4) is 5.69 Å². The van der Waals surface area contributed by atoms with Gasteiger partial charge in [0.2, 0.25) is 0 Å². The number of hydrogen-bond acceptors (Lipinski definition) is 6. The van der Waals surface area contributed by atoms with Crippen molar-refractivity contribution >= 4 is 27.9 Å². The first-order valence-electron chi connectivity index (χ1n) is 10.1. The minimum absolute atomic E-state index is 0.00382. The minimum atomic E-state index is -0.983. The van der Waals surface area contributed by atoms with E-state index in [1.165, 1.54) is 30.9 Å². The highest BCUT2D eigenvalue weighted by Gasteiger charge is 2.25. The summed E-state index contributed by atoms with van der Waals surface area (Å²) in [5.41, 5.74) is -0.573. The number of aromatic amines is 1. The van der Waals surface area contributed by atoms with Crippen molar-refractivity contribution in [3.05, 3.63) is 82.7 Å². The number of nitrogens with zero attached hydrogens (tertiary/aromatic N) is 5. The van der Waals surface area contributed by atoms with Crippen LogP contribution in [0.1, 0.15) is 25.2 Å². The van der Waals surface area contributed by atoms with Gasteiger partial charge in [-0.1, -0.05) is 19.1 Å². The van der Waals surface area contributed by atoms with Crippen molar-refractivity contribution in [2.45, 2.75) is 19.4 Å². The molecule has 0 unspecified atom stereocenters.